The molecule has 0 fully saturated rings. The zero-order valence-electron chi connectivity index (χ0n) is 37.0. The van der Waals surface area contributed by atoms with E-state index in [4.69, 9.17) is 0 Å². The number of halogens is 2. The molecule has 326 valence electrons. The highest BCUT2D eigenvalue weighted by atomic mass is 79.9. The summed E-state index contributed by atoms with van der Waals surface area (Å²) in [7, 11) is 4.08. The first-order chi connectivity index (χ1) is 26.8. The molecule has 2 aromatic rings. The number of aryl methyl sites for hydroxylation is 4. The van der Waals surface area contributed by atoms with Gasteiger partial charge in [0.25, 0.3) is 0 Å². The summed E-state index contributed by atoms with van der Waals surface area (Å²) < 4.78 is 4.78. The number of aromatic nitrogens is 2. The molecular weight excluding hydrogens is 853 g/mol. The zero-order valence-corrected chi connectivity index (χ0v) is 41.8. The van der Waals surface area contributed by atoms with E-state index in [2.05, 4.69) is 72.0 Å². The molecule has 0 aliphatic heterocycles. The van der Waals surface area contributed by atoms with Gasteiger partial charge in [-0.1, -0.05) is 215 Å². The van der Waals surface area contributed by atoms with Crippen LogP contribution < -0.4 is 43.1 Å². The van der Waals surface area contributed by atoms with Gasteiger partial charge in [0.15, 0.2) is 24.8 Å². The molecule has 56 heavy (non-hydrogen) atoms. The number of pyridine rings is 2. The van der Waals surface area contributed by atoms with Crippen molar-refractivity contribution in [1.29, 1.82) is 0 Å². The normalized spacial score (nSPS) is 11.1. The molecule has 0 radical (unpaired) electrons. The highest BCUT2D eigenvalue weighted by Gasteiger charge is 2.05. The van der Waals surface area contributed by atoms with Crippen LogP contribution in [0.25, 0.3) is 0 Å². The van der Waals surface area contributed by atoms with Gasteiger partial charge >= 0.3 is 0 Å². The van der Waals surface area contributed by atoms with Crippen LogP contribution in [0.5, 0.6) is 0 Å². The van der Waals surface area contributed by atoms with E-state index in [1.54, 1.807) is 0 Å². The zero-order chi connectivity index (χ0) is 38.3. The van der Waals surface area contributed by atoms with Crippen molar-refractivity contribution in [3.63, 3.8) is 0 Å². The SMILES string of the molecule is CCCCCCCCCCCCCCCCCC[n+]1ccc(CCSSCCc2cc[n+](CCCCCCCCCCCCCCCCCC)cc2)cc1.[Br-].[Br-]. The van der Waals surface area contributed by atoms with E-state index in [9.17, 15) is 0 Å². The number of hydrogen-bond donors (Lipinski definition) is 0. The second-order valence-electron chi connectivity index (χ2n) is 16.6. The van der Waals surface area contributed by atoms with Crippen LogP contribution in [0.2, 0.25) is 0 Å². The fourth-order valence-electron chi connectivity index (χ4n) is 7.73. The molecule has 2 rings (SSSR count). The van der Waals surface area contributed by atoms with E-state index in [0.717, 1.165) is 0 Å². The third kappa shape index (κ3) is 35.9. The van der Waals surface area contributed by atoms with Gasteiger partial charge in [-0.2, -0.15) is 0 Å². The van der Waals surface area contributed by atoms with Gasteiger partial charge in [0, 0.05) is 48.6 Å². The average Bonchev–Trinajstić information content (AvgIpc) is 3.20. The molecule has 6 heteroatoms. The third-order valence-corrected chi connectivity index (χ3v) is 13.9. The van der Waals surface area contributed by atoms with Gasteiger partial charge in [0.1, 0.15) is 13.1 Å². The van der Waals surface area contributed by atoms with Crippen LogP contribution in [0.4, 0.5) is 0 Å². The summed E-state index contributed by atoms with van der Waals surface area (Å²) in [5.74, 6) is 2.39. The fraction of sp³-hybridized carbons (Fsp3) is 0.800. The minimum atomic E-state index is 0. The highest BCUT2D eigenvalue weighted by Crippen LogP contribution is 2.23. The van der Waals surface area contributed by atoms with Crippen molar-refractivity contribution in [1.82, 2.24) is 0 Å². The van der Waals surface area contributed by atoms with Gasteiger partial charge in [-0.3, -0.25) is 0 Å². The quantitative estimate of drug-likeness (QED) is 0.0373. The molecule has 0 saturated heterocycles. The van der Waals surface area contributed by atoms with Crippen molar-refractivity contribution in [3.05, 3.63) is 60.2 Å². The predicted molar refractivity (Wildman–Crippen MR) is 245 cm³/mol. The summed E-state index contributed by atoms with van der Waals surface area (Å²) in [5, 5.41) is 0. The van der Waals surface area contributed by atoms with Gasteiger partial charge < -0.3 is 34.0 Å². The Labute approximate surface area is 379 Å². The van der Waals surface area contributed by atoms with Crippen molar-refractivity contribution < 1.29 is 43.1 Å². The van der Waals surface area contributed by atoms with Gasteiger partial charge in [-0.15, -0.1) is 0 Å². The Kier molecular flexibility index (Phi) is 44.5. The molecule has 0 aliphatic rings. The van der Waals surface area contributed by atoms with Crippen LogP contribution >= 0.6 is 21.6 Å². The first kappa shape index (κ1) is 56.0. The molecule has 0 aliphatic carbocycles. The summed E-state index contributed by atoms with van der Waals surface area (Å²) in [4.78, 5) is 0. The number of rotatable bonds is 41. The van der Waals surface area contributed by atoms with Gasteiger partial charge in [0.05, 0.1) is 0 Å². The molecule has 0 amide bonds. The van der Waals surface area contributed by atoms with E-state index in [1.165, 1.54) is 254 Å². The van der Waals surface area contributed by atoms with E-state index < -0.39 is 0 Å². The second kappa shape index (κ2) is 44.5. The maximum atomic E-state index is 2.39. The van der Waals surface area contributed by atoms with E-state index in [0.29, 0.717) is 0 Å². The first-order valence-electron chi connectivity index (χ1n) is 24.0. The first-order valence-corrected chi connectivity index (χ1v) is 26.5. The highest BCUT2D eigenvalue weighted by molar-refractivity contribution is 8.76. The minimum Gasteiger partial charge on any atom is -1.00 e. The average molecular weight is 943 g/mol. The summed E-state index contributed by atoms with van der Waals surface area (Å²) in [6.07, 6.45) is 57.5. The number of nitrogens with zero attached hydrogens (tertiary/aromatic N) is 2. The third-order valence-electron chi connectivity index (χ3n) is 11.5. The van der Waals surface area contributed by atoms with Crippen molar-refractivity contribution in [2.75, 3.05) is 11.5 Å². The van der Waals surface area contributed by atoms with Crippen LogP contribution in [-0.4, -0.2) is 11.5 Å². The molecule has 2 aromatic heterocycles. The van der Waals surface area contributed by atoms with Gasteiger partial charge in [-0.25, -0.2) is 9.13 Å². The smallest absolute Gasteiger partial charge is 0.169 e. The van der Waals surface area contributed by atoms with E-state index in [1.807, 2.05) is 21.6 Å². The molecule has 0 saturated carbocycles. The van der Waals surface area contributed by atoms with E-state index in [-0.39, 0.29) is 34.0 Å². The fourth-order valence-corrected chi connectivity index (χ4v) is 9.81. The number of hydrogen-bond acceptors (Lipinski definition) is 2. The van der Waals surface area contributed by atoms with Crippen molar-refractivity contribution in [2.45, 2.75) is 245 Å². The molecule has 0 N–H and O–H groups in total. The molecule has 0 atom stereocenters. The number of unbranched alkanes of at least 4 members (excludes halogenated alkanes) is 30. The largest absolute Gasteiger partial charge is 1.00 e. The summed E-state index contributed by atoms with van der Waals surface area (Å²) >= 11 is 0. The van der Waals surface area contributed by atoms with Crippen LogP contribution in [0.3, 0.4) is 0 Å². The Morgan fingerprint density at radius 1 is 0.321 bits per heavy atom. The molecule has 0 unspecified atom stereocenters. The Hall–Kier alpha value is -0.0400. The predicted octanol–water partition coefficient (Wildman–Crippen LogP) is 9.96. The van der Waals surface area contributed by atoms with Crippen LogP contribution in [0.15, 0.2) is 49.1 Å². The molecular formula is C50H90Br2N2S2. The lowest BCUT2D eigenvalue weighted by molar-refractivity contribution is -0.697. The summed E-state index contributed by atoms with van der Waals surface area (Å²) in [5.41, 5.74) is 2.95. The van der Waals surface area contributed by atoms with Crippen LogP contribution in [0.1, 0.15) is 230 Å². The maximum Gasteiger partial charge on any atom is 0.169 e. The Balaban J connectivity index is 0.0000151. The molecule has 0 aromatic carbocycles. The van der Waals surface area contributed by atoms with Crippen molar-refractivity contribution in [2.24, 2.45) is 0 Å². The molecule has 0 bridgehead atoms. The monoisotopic (exact) mass is 940 g/mol. The van der Waals surface area contributed by atoms with Crippen LogP contribution in [-0.2, 0) is 25.9 Å². The molecule has 2 nitrogen and oxygen atoms in total. The lowest BCUT2D eigenvalue weighted by Crippen LogP contribution is -3.00. The minimum absolute atomic E-state index is 0. The Bertz CT molecular complexity index is 953. The van der Waals surface area contributed by atoms with Crippen molar-refractivity contribution >= 4 is 21.6 Å². The summed E-state index contributed by atoms with van der Waals surface area (Å²) in [6.45, 7) is 6.95. The molecule has 0 spiro atoms. The lowest BCUT2D eigenvalue weighted by atomic mass is 10.0. The maximum absolute atomic E-state index is 2.39. The Morgan fingerprint density at radius 2 is 0.536 bits per heavy atom. The molecule has 2 heterocycles. The second-order valence-corrected chi connectivity index (χ2v) is 19.3. The van der Waals surface area contributed by atoms with Gasteiger partial charge in [0.2, 0.25) is 0 Å². The lowest BCUT2D eigenvalue weighted by Gasteiger charge is -2.04. The van der Waals surface area contributed by atoms with Crippen LogP contribution in [0, 0.1) is 0 Å². The van der Waals surface area contributed by atoms with Crippen molar-refractivity contribution in [3.8, 4) is 0 Å². The van der Waals surface area contributed by atoms with Gasteiger partial charge in [-0.05, 0) is 36.8 Å². The standard InChI is InChI=1S/C50H90N2S2.2BrH/c1-3-5-7-9-11-13-15-17-19-21-23-25-27-29-31-33-41-51-43-35-49(36-44-51)39-47-53-54-48-40-50-37-45-52(46-38-50)42-34-32-30-28-26-24-22-20-18-16-14-12-10-8-6-4-2;;/h35-38,43-46H,3-34,39-42,47-48H2,1-2H3;2*1H/q+2;;/p-2. The Morgan fingerprint density at radius 3 is 0.768 bits per heavy atom. The van der Waals surface area contributed by atoms with E-state index >= 15 is 0 Å². The summed E-state index contributed by atoms with van der Waals surface area (Å²) in [6, 6.07) is 9.38. The topological polar surface area (TPSA) is 7.76 Å².